The molecule has 0 aromatic heterocycles. The normalized spacial score (nSPS) is 19.6. The van der Waals surface area contributed by atoms with E-state index in [9.17, 15) is 18.0 Å². The van der Waals surface area contributed by atoms with Crippen molar-refractivity contribution in [3.05, 3.63) is 64.0 Å². The number of rotatable bonds is 2. The zero-order valence-electron chi connectivity index (χ0n) is 14.5. The van der Waals surface area contributed by atoms with Crippen molar-refractivity contribution in [1.29, 1.82) is 0 Å². The first-order chi connectivity index (χ1) is 13.3. The Morgan fingerprint density at radius 2 is 1.82 bits per heavy atom. The van der Waals surface area contributed by atoms with Crippen molar-refractivity contribution in [2.45, 2.75) is 18.0 Å². The van der Waals surface area contributed by atoms with Crippen LogP contribution >= 0.6 is 35.7 Å². The molecule has 3 nitrogen and oxygen atoms in total. The number of thioether (sulfide) groups is 2. The van der Waals surface area contributed by atoms with Crippen molar-refractivity contribution in [2.24, 2.45) is 0 Å². The highest BCUT2D eigenvalue weighted by atomic mass is 32.2. The number of halogens is 3. The average Bonchev–Trinajstić information content (AvgIpc) is 3.17. The summed E-state index contributed by atoms with van der Waals surface area (Å²) in [5.74, 6) is -0.400. The third kappa shape index (κ3) is 3.21. The van der Waals surface area contributed by atoms with Crippen LogP contribution in [0.1, 0.15) is 12.5 Å². The van der Waals surface area contributed by atoms with E-state index in [1.807, 2.05) is 36.1 Å². The largest absolute Gasteiger partial charge is 0.416 e. The minimum absolute atomic E-state index is 0.122. The van der Waals surface area contributed by atoms with Crippen LogP contribution in [0.5, 0.6) is 0 Å². The Morgan fingerprint density at radius 1 is 1.07 bits per heavy atom. The number of thiocarbonyl (C=S) groups is 1. The molecule has 2 aliphatic rings. The Hall–Kier alpha value is -1.97. The third-order valence-corrected chi connectivity index (χ3v) is 6.99. The van der Waals surface area contributed by atoms with Crippen molar-refractivity contribution in [3.8, 4) is 0 Å². The van der Waals surface area contributed by atoms with Gasteiger partial charge in [-0.15, -0.1) is 0 Å². The van der Waals surface area contributed by atoms with E-state index in [2.05, 4.69) is 0 Å². The Kier molecular flexibility index (Phi) is 4.93. The number of hydrogen-bond acceptors (Lipinski definition) is 5. The number of amides is 1. The maximum Gasteiger partial charge on any atom is 0.416 e. The molecule has 0 saturated carbocycles. The number of nitrogens with zero attached hydrogens (tertiary/aromatic N) is 2. The minimum Gasteiger partial charge on any atom is -0.334 e. The number of hydrogen-bond donors (Lipinski definition) is 0. The summed E-state index contributed by atoms with van der Waals surface area (Å²) in [6, 6.07) is 12.5. The first-order valence-corrected chi connectivity index (χ1v) is 10.4. The molecule has 0 unspecified atom stereocenters. The zero-order valence-corrected chi connectivity index (χ0v) is 16.9. The van der Waals surface area contributed by atoms with Crippen molar-refractivity contribution >= 4 is 57.3 Å². The predicted octanol–water partition coefficient (Wildman–Crippen LogP) is 5.87. The second-order valence-corrected chi connectivity index (χ2v) is 8.68. The lowest BCUT2D eigenvalue weighted by Crippen LogP contribution is -2.29. The topological polar surface area (TPSA) is 23.6 Å². The molecule has 144 valence electrons. The minimum atomic E-state index is -4.49. The molecule has 2 aliphatic heterocycles. The lowest BCUT2D eigenvalue weighted by Gasteiger charge is -2.19. The molecule has 1 fully saturated rings. The summed E-state index contributed by atoms with van der Waals surface area (Å²) in [7, 11) is 0. The molecule has 0 N–H and O–H groups in total. The Morgan fingerprint density at radius 3 is 2.54 bits per heavy atom. The molecule has 0 atom stereocenters. The van der Waals surface area contributed by atoms with E-state index in [1.54, 1.807) is 0 Å². The third-order valence-electron chi connectivity index (χ3n) is 4.32. The molecular formula is C19H13F3N2OS3. The monoisotopic (exact) mass is 438 g/mol. The van der Waals surface area contributed by atoms with E-state index in [0.29, 0.717) is 11.4 Å². The average molecular weight is 439 g/mol. The van der Waals surface area contributed by atoms with E-state index >= 15 is 0 Å². The molecule has 0 aliphatic carbocycles. The molecule has 2 aromatic rings. The lowest BCUT2D eigenvalue weighted by atomic mass is 10.2. The number of anilines is 2. The maximum atomic E-state index is 13.1. The van der Waals surface area contributed by atoms with Gasteiger partial charge in [-0.3, -0.25) is 9.69 Å². The number of fused-ring (bicyclic) bond motifs is 1. The SMILES string of the molecule is CCN1C(=C2SC(=S)N(c3cccc(C(F)(F)F)c3)C2=O)Sc2ccccc21. The number of carbonyl (C=O) groups excluding carboxylic acids is 1. The van der Waals surface area contributed by atoms with Crippen LogP contribution in [0.2, 0.25) is 0 Å². The van der Waals surface area contributed by atoms with Crippen LogP contribution in [0.25, 0.3) is 0 Å². The second-order valence-electron chi connectivity index (χ2n) is 6.00. The summed E-state index contributed by atoms with van der Waals surface area (Å²) in [5.41, 5.74) is 0.315. The molecule has 28 heavy (non-hydrogen) atoms. The fraction of sp³-hybridized carbons (Fsp3) is 0.158. The fourth-order valence-corrected chi connectivity index (χ4v) is 5.73. The molecule has 1 amide bonds. The van der Waals surface area contributed by atoms with Crippen LogP contribution in [0.15, 0.2) is 63.4 Å². The van der Waals surface area contributed by atoms with Crippen LogP contribution in [-0.4, -0.2) is 16.8 Å². The van der Waals surface area contributed by atoms with Gasteiger partial charge >= 0.3 is 6.18 Å². The van der Waals surface area contributed by atoms with Crippen LogP contribution in [0.3, 0.4) is 0 Å². The maximum absolute atomic E-state index is 13.1. The smallest absolute Gasteiger partial charge is 0.334 e. The molecule has 0 bridgehead atoms. The molecule has 2 aromatic carbocycles. The van der Waals surface area contributed by atoms with Gasteiger partial charge in [0.25, 0.3) is 5.91 Å². The van der Waals surface area contributed by atoms with E-state index in [0.717, 1.165) is 39.5 Å². The standard InChI is InChI=1S/C19H13F3N2OS3/c1-2-23-13-8-3-4-9-14(13)27-17(23)15-16(25)24(18(26)28-15)12-7-5-6-11(10-12)19(20,21)22/h3-10H,2H2,1H3. The summed E-state index contributed by atoms with van der Waals surface area (Å²) in [4.78, 5) is 17.8. The summed E-state index contributed by atoms with van der Waals surface area (Å²) >= 11 is 7.93. The highest BCUT2D eigenvalue weighted by Gasteiger charge is 2.40. The molecule has 1 saturated heterocycles. The molecule has 9 heteroatoms. The van der Waals surface area contributed by atoms with Gasteiger partial charge < -0.3 is 4.90 Å². The van der Waals surface area contributed by atoms with E-state index in [-0.39, 0.29) is 10.0 Å². The Balaban J connectivity index is 1.74. The van der Waals surface area contributed by atoms with Gasteiger partial charge in [-0.2, -0.15) is 13.2 Å². The fourth-order valence-electron chi connectivity index (χ4n) is 3.06. The molecule has 2 heterocycles. The van der Waals surface area contributed by atoms with Crippen molar-refractivity contribution in [1.82, 2.24) is 0 Å². The van der Waals surface area contributed by atoms with Gasteiger partial charge in [0.15, 0.2) is 4.32 Å². The van der Waals surface area contributed by atoms with Gasteiger partial charge in [-0.25, -0.2) is 0 Å². The van der Waals surface area contributed by atoms with Gasteiger partial charge in [0.2, 0.25) is 0 Å². The van der Waals surface area contributed by atoms with Gasteiger partial charge in [0, 0.05) is 11.4 Å². The number of benzene rings is 2. The molecule has 0 spiro atoms. The predicted molar refractivity (Wildman–Crippen MR) is 111 cm³/mol. The van der Waals surface area contributed by atoms with Gasteiger partial charge in [-0.1, -0.05) is 53.9 Å². The highest BCUT2D eigenvalue weighted by Crippen LogP contribution is 2.51. The van der Waals surface area contributed by atoms with Gasteiger partial charge in [-0.05, 0) is 37.3 Å². The van der Waals surface area contributed by atoms with Crippen LogP contribution in [0, 0.1) is 0 Å². The van der Waals surface area contributed by atoms with Crippen molar-refractivity contribution in [3.63, 3.8) is 0 Å². The van der Waals surface area contributed by atoms with Crippen LogP contribution < -0.4 is 9.80 Å². The second kappa shape index (κ2) is 7.13. The number of para-hydroxylation sites is 1. The summed E-state index contributed by atoms with van der Waals surface area (Å²) in [5, 5.41) is 0.760. The highest BCUT2D eigenvalue weighted by molar-refractivity contribution is 8.27. The number of alkyl halides is 3. The zero-order chi connectivity index (χ0) is 20.1. The summed E-state index contributed by atoms with van der Waals surface area (Å²) in [6.45, 7) is 2.64. The molecule has 0 radical (unpaired) electrons. The van der Waals surface area contributed by atoms with Crippen LogP contribution in [0.4, 0.5) is 24.5 Å². The van der Waals surface area contributed by atoms with E-state index in [1.165, 1.54) is 28.8 Å². The van der Waals surface area contributed by atoms with Crippen molar-refractivity contribution < 1.29 is 18.0 Å². The number of carbonyl (C=O) groups is 1. The molecular weight excluding hydrogens is 425 g/mol. The van der Waals surface area contributed by atoms with Crippen molar-refractivity contribution in [2.75, 3.05) is 16.3 Å². The Bertz CT molecular complexity index is 1020. The van der Waals surface area contributed by atoms with Gasteiger partial charge in [0.05, 0.1) is 16.9 Å². The Labute approximate surface area is 173 Å². The molecule has 4 rings (SSSR count). The van der Waals surface area contributed by atoms with E-state index < -0.39 is 17.6 Å². The van der Waals surface area contributed by atoms with Crippen LogP contribution in [-0.2, 0) is 11.0 Å². The summed E-state index contributed by atoms with van der Waals surface area (Å²) < 4.78 is 39.4. The van der Waals surface area contributed by atoms with Gasteiger partial charge in [0.1, 0.15) is 9.93 Å². The quantitative estimate of drug-likeness (QED) is 0.431. The lowest BCUT2D eigenvalue weighted by molar-refractivity contribution is -0.137. The first-order valence-electron chi connectivity index (χ1n) is 8.33. The first kappa shape index (κ1) is 19.4. The summed E-state index contributed by atoms with van der Waals surface area (Å²) in [6.07, 6.45) is -4.49. The van der Waals surface area contributed by atoms with E-state index in [4.69, 9.17) is 12.2 Å².